The SMILES string of the molecule is Nc1c(=O)[nH]c(OCC2C(F)CC=CC2C(F)(F)F)c2cc(F)ccc12. The predicted octanol–water partition coefficient (Wildman–Crippen LogP) is 3.72. The van der Waals surface area contributed by atoms with E-state index >= 15 is 0 Å². The van der Waals surface area contributed by atoms with E-state index in [-0.39, 0.29) is 28.8 Å². The van der Waals surface area contributed by atoms with E-state index in [2.05, 4.69) is 4.98 Å². The third-order valence-electron chi connectivity index (χ3n) is 4.42. The topological polar surface area (TPSA) is 68.1 Å². The van der Waals surface area contributed by atoms with E-state index in [4.69, 9.17) is 10.5 Å². The number of ether oxygens (including phenoxy) is 1. The highest BCUT2D eigenvalue weighted by Crippen LogP contribution is 2.40. The molecule has 0 spiro atoms. The van der Waals surface area contributed by atoms with Crippen molar-refractivity contribution >= 4 is 16.5 Å². The Labute approximate surface area is 144 Å². The summed E-state index contributed by atoms with van der Waals surface area (Å²) in [5.74, 6) is -4.38. The second-order valence-corrected chi connectivity index (χ2v) is 6.11. The Bertz CT molecular complexity index is 906. The van der Waals surface area contributed by atoms with E-state index in [1.54, 1.807) is 0 Å². The van der Waals surface area contributed by atoms with Gasteiger partial charge in [0.05, 0.1) is 12.5 Å². The summed E-state index contributed by atoms with van der Waals surface area (Å²) >= 11 is 0. The average Bonchev–Trinajstić information content (AvgIpc) is 2.56. The molecule has 140 valence electrons. The van der Waals surface area contributed by atoms with Crippen molar-refractivity contribution in [3.8, 4) is 5.88 Å². The molecule has 4 nitrogen and oxygen atoms in total. The molecule has 3 rings (SSSR count). The summed E-state index contributed by atoms with van der Waals surface area (Å²) in [7, 11) is 0. The number of hydrogen-bond donors (Lipinski definition) is 2. The van der Waals surface area contributed by atoms with Gasteiger partial charge in [-0.1, -0.05) is 12.2 Å². The van der Waals surface area contributed by atoms with Gasteiger partial charge in [-0.3, -0.25) is 9.78 Å². The number of H-pyrrole nitrogens is 1. The van der Waals surface area contributed by atoms with Gasteiger partial charge in [0.25, 0.3) is 5.56 Å². The van der Waals surface area contributed by atoms with Crippen molar-refractivity contribution in [3.05, 3.63) is 46.5 Å². The van der Waals surface area contributed by atoms with Gasteiger partial charge < -0.3 is 10.5 Å². The van der Waals surface area contributed by atoms with Crippen molar-refractivity contribution in [2.45, 2.75) is 18.8 Å². The van der Waals surface area contributed by atoms with Gasteiger partial charge in [0, 0.05) is 16.7 Å². The van der Waals surface area contributed by atoms with E-state index in [1.807, 2.05) is 0 Å². The fourth-order valence-corrected chi connectivity index (χ4v) is 3.05. The average molecular weight is 374 g/mol. The van der Waals surface area contributed by atoms with Gasteiger partial charge in [0.15, 0.2) is 0 Å². The molecule has 0 bridgehead atoms. The number of nitrogen functional groups attached to an aromatic ring is 1. The van der Waals surface area contributed by atoms with Crippen LogP contribution in [0.2, 0.25) is 0 Å². The number of aromatic amines is 1. The number of nitrogens with two attached hydrogens (primary N) is 1. The van der Waals surface area contributed by atoms with Crippen LogP contribution < -0.4 is 16.0 Å². The molecule has 3 unspecified atom stereocenters. The van der Waals surface area contributed by atoms with Crippen molar-refractivity contribution in [2.24, 2.45) is 11.8 Å². The molecule has 0 radical (unpaired) electrons. The van der Waals surface area contributed by atoms with Crippen LogP contribution in [0.15, 0.2) is 35.1 Å². The largest absolute Gasteiger partial charge is 0.478 e. The second-order valence-electron chi connectivity index (χ2n) is 6.11. The third kappa shape index (κ3) is 3.38. The lowest BCUT2D eigenvalue weighted by Gasteiger charge is -2.31. The Balaban J connectivity index is 1.94. The van der Waals surface area contributed by atoms with Crippen LogP contribution in [0.3, 0.4) is 0 Å². The van der Waals surface area contributed by atoms with E-state index in [0.717, 1.165) is 24.3 Å². The molecule has 1 aromatic heterocycles. The summed E-state index contributed by atoms with van der Waals surface area (Å²) in [6.07, 6.45) is -4.48. The normalized spacial score (nSPS) is 23.3. The summed E-state index contributed by atoms with van der Waals surface area (Å²) in [5.41, 5.74) is 4.73. The number of pyridine rings is 1. The number of alkyl halides is 4. The summed E-state index contributed by atoms with van der Waals surface area (Å²) in [6, 6.07) is 3.39. The zero-order chi connectivity index (χ0) is 19.1. The first-order valence-electron chi connectivity index (χ1n) is 7.79. The molecule has 1 heterocycles. The number of halogens is 5. The molecule has 2 aromatic rings. The van der Waals surface area contributed by atoms with Crippen molar-refractivity contribution in [3.63, 3.8) is 0 Å². The van der Waals surface area contributed by atoms with E-state index < -0.39 is 42.2 Å². The molecule has 0 saturated heterocycles. The minimum atomic E-state index is -4.63. The van der Waals surface area contributed by atoms with Crippen molar-refractivity contribution in [2.75, 3.05) is 12.3 Å². The number of anilines is 1. The Morgan fingerprint density at radius 3 is 2.69 bits per heavy atom. The van der Waals surface area contributed by atoms with Gasteiger partial charge >= 0.3 is 6.18 Å². The van der Waals surface area contributed by atoms with Gasteiger partial charge in [0.2, 0.25) is 5.88 Å². The Hall–Kier alpha value is -2.58. The van der Waals surface area contributed by atoms with E-state index in [1.165, 1.54) is 6.07 Å². The number of fused-ring (bicyclic) bond motifs is 1. The monoisotopic (exact) mass is 374 g/mol. The van der Waals surface area contributed by atoms with E-state index in [0.29, 0.717) is 0 Å². The van der Waals surface area contributed by atoms with Gasteiger partial charge in [-0.15, -0.1) is 0 Å². The van der Waals surface area contributed by atoms with Gasteiger partial charge in [-0.25, -0.2) is 8.78 Å². The standard InChI is InChI=1S/C17H15F5N2O2/c18-8-4-5-9-10(6-8)16(24-15(25)14(9)23)26-7-11-12(17(20,21)22)2-1-3-13(11)19/h1-2,4-6,11-13H,3,7,23H2,(H,24,25). The van der Waals surface area contributed by atoms with E-state index in [9.17, 15) is 26.7 Å². The van der Waals surface area contributed by atoms with Gasteiger partial charge in [-0.2, -0.15) is 13.2 Å². The lowest BCUT2D eigenvalue weighted by atomic mass is 9.82. The molecule has 0 aliphatic heterocycles. The maximum absolute atomic E-state index is 14.1. The van der Waals surface area contributed by atoms with Crippen LogP contribution in [-0.4, -0.2) is 23.9 Å². The lowest BCUT2D eigenvalue weighted by Crippen LogP contribution is -2.39. The Morgan fingerprint density at radius 2 is 2.00 bits per heavy atom. The first-order chi connectivity index (χ1) is 12.2. The summed E-state index contributed by atoms with van der Waals surface area (Å²) in [5, 5.41) is 0.283. The maximum Gasteiger partial charge on any atom is 0.395 e. The summed E-state index contributed by atoms with van der Waals surface area (Å²) < 4.78 is 72.2. The number of benzene rings is 1. The highest BCUT2D eigenvalue weighted by atomic mass is 19.4. The van der Waals surface area contributed by atoms with Crippen LogP contribution >= 0.6 is 0 Å². The van der Waals surface area contributed by atoms with Crippen LogP contribution in [-0.2, 0) is 0 Å². The van der Waals surface area contributed by atoms with Crippen LogP contribution in [0, 0.1) is 17.7 Å². The quantitative estimate of drug-likeness (QED) is 0.636. The third-order valence-corrected chi connectivity index (χ3v) is 4.42. The Kier molecular flexibility index (Phi) is 4.64. The zero-order valence-electron chi connectivity index (χ0n) is 13.3. The molecule has 9 heteroatoms. The highest BCUT2D eigenvalue weighted by molar-refractivity contribution is 5.95. The smallest absolute Gasteiger partial charge is 0.395 e. The molecule has 1 aliphatic carbocycles. The van der Waals surface area contributed by atoms with Crippen molar-refractivity contribution in [1.82, 2.24) is 4.98 Å². The van der Waals surface area contributed by atoms with Gasteiger partial charge in [-0.05, 0) is 24.6 Å². The molecular weight excluding hydrogens is 359 g/mol. The number of rotatable bonds is 3. The van der Waals surface area contributed by atoms with Crippen molar-refractivity contribution < 1.29 is 26.7 Å². The minimum Gasteiger partial charge on any atom is -0.478 e. The second kappa shape index (κ2) is 6.62. The van der Waals surface area contributed by atoms with Crippen LogP contribution in [0.25, 0.3) is 10.8 Å². The number of allylic oxidation sites excluding steroid dienone is 2. The molecule has 1 aliphatic rings. The lowest BCUT2D eigenvalue weighted by molar-refractivity contribution is -0.184. The van der Waals surface area contributed by atoms with Crippen LogP contribution in [0.5, 0.6) is 5.88 Å². The highest BCUT2D eigenvalue weighted by Gasteiger charge is 2.47. The van der Waals surface area contributed by atoms with Crippen molar-refractivity contribution in [1.29, 1.82) is 0 Å². The number of hydrogen-bond acceptors (Lipinski definition) is 3. The number of aromatic nitrogens is 1. The maximum atomic E-state index is 14.1. The van der Waals surface area contributed by atoms with Crippen LogP contribution in [0.4, 0.5) is 27.6 Å². The first kappa shape index (κ1) is 18.2. The zero-order valence-corrected chi connectivity index (χ0v) is 13.3. The molecule has 0 saturated carbocycles. The molecule has 1 aromatic carbocycles. The molecule has 0 amide bonds. The fourth-order valence-electron chi connectivity index (χ4n) is 3.05. The predicted molar refractivity (Wildman–Crippen MR) is 86.1 cm³/mol. The molecule has 3 N–H and O–H groups in total. The van der Waals surface area contributed by atoms with Crippen LogP contribution in [0.1, 0.15) is 6.42 Å². The summed E-state index contributed by atoms with van der Waals surface area (Å²) in [6.45, 7) is -0.638. The minimum absolute atomic E-state index is 0.0902. The molecule has 26 heavy (non-hydrogen) atoms. The Morgan fingerprint density at radius 1 is 1.27 bits per heavy atom. The first-order valence-corrected chi connectivity index (χ1v) is 7.79. The molecular formula is C17H15F5N2O2. The molecule has 3 atom stereocenters. The fraction of sp³-hybridized carbons (Fsp3) is 0.353. The number of nitrogens with one attached hydrogen (secondary N) is 1. The molecule has 0 fully saturated rings. The summed E-state index contributed by atoms with van der Waals surface area (Å²) in [4.78, 5) is 14.1. The van der Waals surface area contributed by atoms with Gasteiger partial charge in [0.1, 0.15) is 17.7 Å².